The quantitative estimate of drug-likeness (QED) is 0.662. The molecule has 0 spiro atoms. The Kier molecular flexibility index (Phi) is 6.36. The smallest absolute Gasteiger partial charge is 0.239 e. The van der Waals surface area contributed by atoms with Crippen LogP contribution in [0.2, 0.25) is 0 Å². The first kappa shape index (κ1) is 16.5. The molecule has 6 heteroatoms. The molecule has 1 aromatic rings. The van der Waals surface area contributed by atoms with Crippen molar-refractivity contribution in [2.24, 2.45) is 5.73 Å². The number of benzene rings is 1. The van der Waals surface area contributed by atoms with Gasteiger partial charge < -0.3 is 16.4 Å². The monoisotopic (exact) mass is 304 g/mol. The molecule has 0 radical (unpaired) electrons. The van der Waals surface area contributed by atoms with E-state index in [1.54, 1.807) is 0 Å². The van der Waals surface area contributed by atoms with Crippen molar-refractivity contribution in [1.29, 1.82) is 0 Å². The largest absolute Gasteiger partial charge is 0.353 e. The Bertz CT molecular complexity index is 486. The molecule has 0 bridgehead atoms. The van der Waals surface area contributed by atoms with Gasteiger partial charge in [-0.15, -0.1) is 0 Å². The number of nitrogens with one attached hydrogen (secondary N) is 2. The summed E-state index contributed by atoms with van der Waals surface area (Å²) >= 11 is 0. The lowest BCUT2D eigenvalue weighted by Crippen LogP contribution is -2.42. The van der Waals surface area contributed by atoms with Crippen LogP contribution in [0.15, 0.2) is 30.3 Å². The molecule has 0 aliphatic carbocycles. The summed E-state index contributed by atoms with van der Waals surface area (Å²) < 4.78 is 0. The van der Waals surface area contributed by atoms with E-state index in [2.05, 4.69) is 27.7 Å². The van der Waals surface area contributed by atoms with Gasteiger partial charge >= 0.3 is 0 Å². The molecule has 0 saturated carbocycles. The van der Waals surface area contributed by atoms with E-state index in [4.69, 9.17) is 5.73 Å². The molecule has 0 aromatic heterocycles. The number of nitrogens with two attached hydrogens (primary N) is 1. The third-order valence-corrected chi connectivity index (χ3v) is 3.89. The second-order valence-electron chi connectivity index (χ2n) is 5.45. The third kappa shape index (κ3) is 4.82. The number of nitrogens with zero attached hydrogens (tertiary/aromatic N) is 1. The summed E-state index contributed by atoms with van der Waals surface area (Å²) in [4.78, 5) is 25.3. The van der Waals surface area contributed by atoms with Crippen molar-refractivity contribution in [3.05, 3.63) is 35.9 Å². The highest BCUT2D eigenvalue weighted by molar-refractivity contribution is 5.85. The van der Waals surface area contributed by atoms with Crippen LogP contribution in [-0.2, 0) is 9.59 Å². The minimum atomic E-state index is -0.325. The maximum absolute atomic E-state index is 11.8. The standard InChI is InChI=1S/C16H24N4O2/c17-10-15(21)19-12-16(22)18-11-14(20-8-4-5-9-20)13-6-2-1-3-7-13/h1-3,6-7,14H,4-5,8-12,17H2,(H,18,22)(H,19,21). The van der Waals surface area contributed by atoms with E-state index in [0.29, 0.717) is 6.54 Å². The lowest BCUT2D eigenvalue weighted by Gasteiger charge is -2.28. The summed E-state index contributed by atoms with van der Waals surface area (Å²) in [6.07, 6.45) is 2.40. The van der Waals surface area contributed by atoms with Crippen molar-refractivity contribution in [2.75, 3.05) is 32.7 Å². The minimum Gasteiger partial charge on any atom is -0.353 e. The normalized spacial score (nSPS) is 16.2. The fourth-order valence-electron chi connectivity index (χ4n) is 2.71. The van der Waals surface area contributed by atoms with E-state index in [0.717, 1.165) is 13.1 Å². The Hall–Kier alpha value is -1.92. The maximum Gasteiger partial charge on any atom is 0.239 e. The van der Waals surface area contributed by atoms with Gasteiger partial charge in [-0.2, -0.15) is 0 Å². The zero-order valence-electron chi connectivity index (χ0n) is 12.8. The molecule has 1 aromatic carbocycles. The molecular formula is C16H24N4O2. The van der Waals surface area contributed by atoms with Crippen LogP contribution in [0.1, 0.15) is 24.4 Å². The van der Waals surface area contributed by atoms with Crippen molar-refractivity contribution in [3.8, 4) is 0 Å². The number of likely N-dealkylation sites (tertiary alicyclic amines) is 1. The van der Waals surface area contributed by atoms with Crippen LogP contribution in [0, 0.1) is 0 Å². The number of amides is 2. The van der Waals surface area contributed by atoms with Crippen LogP contribution >= 0.6 is 0 Å². The van der Waals surface area contributed by atoms with Gasteiger partial charge in [-0.3, -0.25) is 14.5 Å². The fourth-order valence-corrected chi connectivity index (χ4v) is 2.71. The van der Waals surface area contributed by atoms with Crippen molar-refractivity contribution in [2.45, 2.75) is 18.9 Å². The predicted octanol–water partition coefficient (Wildman–Crippen LogP) is 0.0146. The molecular weight excluding hydrogens is 280 g/mol. The van der Waals surface area contributed by atoms with Crippen molar-refractivity contribution in [3.63, 3.8) is 0 Å². The van der Waals surface area contributed by atoms with Gasteiger partial charge in [-0.05, 0) is 31.5 Å². The van der Waals surface area contributed by atoms with Crippen LogP contribution in [0.25, 0.3) is 0 Å². The average molecular weight is 304 g/mol. The summed E-state index contributed by atoms with van der Waals surface area (Å²) in [5, 5.41) is 5.38. The van der Waals surface area contributed by atoms with Crippen molar-refractivity contribution < 1.29 is 9.59 Å². The topological polar surface area (TPSA) is 87.5 Å². The van der Waals surface area contributed by atoms with E-state index in [1.165, 1.54) is 18.4 Å². The summed E-state index contributed by atoms with van der Waals surface area (Å²) in [7, 11) is 0. The summed E-state index contributed by atoms with van der Waals surface area (Å²) in [5.74, 6) is -0.517. The lowest BCUT2D eigenvalue weighted by molar-refractivity contribution is -0.125. The van der Waals surface area contributed by atoms with Gasteiger partial charge in [-0.25, -0.2) is 0 Å². The van der Waals surface area contributed by atoms with Crippen molar-refractivity contribution >= 4 is 11.8 Å². The van der Waals surface area contributed by atoms with Gasteiger partial charge in [-0.1, -0.05) is 30.3 Å². The summed E-state index contributed by atoms with van der Waals surface area (Å²) in [5.41, 5.74) is 6.39. The van der Waals surface area contributed by atoms with E-state index >= 15 is 0 Å². The Morgan fingerprint density at radius 1 is 1.09 bits per heavy atom. The molecule has 1 aliphatic heterocycles. The number of rotatable bonds is 7. The molecule has 120 valence electrons. The molecule has 2 amide bonds. The highest BCUT2D eigenvalue weighted by Crippen LogP contribution is 2.24. The predicted molar refractivity (Wildman–Crippen MR) is 85.1 cm³/mol. The molecule has 22 heavy (non-hydrogen) atoms. The summed E-state index contributed by atoms with van der Waals surface area (Å²) in [6.45, 7) is 2.52. The molecule has 1 saturated heterocycles. The maximum atomic E-state index is 11.8. The first-order valence-corrected chi connectivity index (χ1v) is 7.73. The van der Waals surface area contributed by atoms with Gasteiger partial charge in [0, 0.05) is 6.54 Å². The highest BCUT2D eigenvalue weighted by atomic mass is 16.2. The third-order valence-electron chi connectivity index (χ3n) is 3.89. The molecule has 1 fully saturated rings. The first-order valence-electron chi connectivity index (χ1n) is 7.73. The van der Waals surface area contributed by atoms with E-state index in [9.17, 15) is 9.59 Å². The summed E-state index contributed by atoms with van der Waals surface area (Å²) in [6, 6.07) is 10.4. The molecule has 4 N–H and O–H groups in total. The van der Waals surface area contributed by atoms with Gasteiger partial charge in [0.1, 0.15) is 0 Å². The lowest BCUT2D eigenvalue weighted by atomic mass is 10.1. The molecule has 1 unspecified atom stereocenters. The van der Waals surface area contributed by atoms with Crippen LogP contribution in [-0.4, -0.2) is 49.4 Å². The van der Waals surface area contributed by atoms with Gasteiger partial charge in [0.25, 0.3) is 0 Å². The zero-order valence-corrected chi connectivity index (χ0v) is 12.8. The van der Waals surface area contributed by atoms with Gasteiger partial charge in [0.15, 0.2) is 0 Å². The molecule has 1 heterocycles. The first-order chi connectivity index (χ1) is 10.7. The van der Waals surface area contributed by atoms with Crippen LogP contribution in [0.4, 0.5) is 0 Å². The number of hydrogen-bond acceptors (Lipinski definition) is 4. The van der Waals surface area contributed by atoms with Crippen molar-refractivity contribution in [1.82, 2.24) is 15.5 Å². The number of hydrogen-bond donors (Lipinski definition) is 3. The molecule has 6 nitrogen and oxygen atoms in total. The molecule has 1 aliphatic rings. The van der Waals surface area contributed by atoms with E-state index < -0.39 is 0 Å². The Morgan fingerprint density at radius 2 is 1.77 bits per heavy atom. The second kappa shape index (κ2) is 8.51. The average Bonchev–Trinajstić information content (AvgIpc) is 3.08. The Labute approximate surface area is 131 Å². The number of carbonyl (C=O) groups excluding carboxylic acids is 2. The SMILES string of the molecule is NCC(=O)NCC(=O)NCC(c1ccccc1)N1CCCC1. The van der Waals surface area contributed by atoms with E-state index in [1.807, 2.05) is 18.2 Å². The van der Waals surface area contributed by atoms with Crippen LogP contribution in [0.5, 0.6) is 0 Å². The van der Waals surface area contributed by atoms with Gasteiger partial charge in [0.05, 0.1) is 19.1 Å². The van der Waals surface area contributed by atoms with Gasteiger partial charge in [0.2, 0.25) is 11.8 Å². The van der Waals surface area contributed by atoms with E-state index in [-0.39, 0.29) is 30.9 Å². The highest BCUT2D eigenvalue weighted by Gasteiger charge is 2.23. The molecule has 2 rings (SSSR count). The Balaban J connectivity index is 1.90. The van der Waals surface area contributed by atoms with Crippen LogP contribution < -0.4 is 16.4 Å². The fraction of sp³-hybridized carbons (Fsp3) is 0.500. The minimum absolute atomic E-state index is 0.0302. The second-order valence-corrected chi connectivity index (χ2v) is 5.45. The molecule has 1 atom stereocenters. The zero-order chi connectivity index (χ0) is 15.8. The Morgan fingerprint density at radius 3 is 2.41 bits per heavy atom. The van der Waals surface area contributed by atoms with Crippen LogP contribution in [0.3, 0.4) is 0 Å². The number of carbonyl (C=O) groups is 2.